The lowest BCUT2D eigenvalue weighted by atomic mass is 9.94. The molecule has 2 aromatic carbocycles. The third-order valence-corrected chi connectivity index (χ3v) is 5.29. The highest BCUT2D eigenvalue weighted by Gasteiger charge is 2.23. The molecular weight excluding hydrogens is 406 g/mol. The summed E-state index contributed by atoms with van der Waals surface area (Å²) in [4.78, 5) is 13.9. The van der Waals surface area contributed by atoms with Gasteiger partial charge in [0.2, 0.25) is 0 Å². The Morgan fingerprint density at radius 3 is 2.69 bits per heavy atom. The van der Waals surface area contributed by atoms with Crippen molar-refractivity contribution in [2.24, 2.45) is 0 Å². The highest BCUT2D eigenvalue weighted by molar-refractivity contribution is 7.80. The summed E-state index contributed by atoms with van der Waals surface area (Å²) in [5.74, 6) is 0. The normalized spacial score (nSPS) is 13.4. The van der Waals surface area contributed by atoms with Gasteiger partial charge in [-0.1, -0.05) is 35.9 Å². The van der Waals surface area contributed by atoms with E-state index < -0.39 is 5.54 Å². The third-order valence-electron chi connectivity index (χ3n) is 4.85. The van der Waals surface area contributed by atoms with Gasteiger partial charge in [-0.2, -0.15) is 0 Å². The van der Waals surface area contributed by atoms with Gasteiger partial charge in [0, 0.05) is 24.7 Å². The highest BCUT2D eigenvalue weighted by atomic mass is 35.5. The van der Waals surface area contributed by atoms with Crippen LogP contribution in [0.4, 0.5) is 16.2 Å². The number of nitrogens with zero attached hydrogens (tertiary/aromatic N) is 1. The number of carbonyl (C=O) groups is 1. The number of halogens is 1. The van der Waals surface area contributed by atoms with Crippen molar-refractivity contribution in [2.45, 2.75) is 25.4 Å². The van der Waals surface area contributed by atoms with Crippen molar-refractivity contribution in [3.8, 4) is 0 Å². The van der Waals surface area contributed by atoms with Gasteiger partial charge in [0.15, 0.2) is 5.11 Å². The number of amides is 2. The number of nitrogens with two attached hydrogens (primary N) is 1. The largest absolute Gasteiger partial charge is 0.397 e. The van der Waals surface area contributed by atoms with E-state index in [-0.39, 0.29) is 6.03 Å². The third kappa shape index (κ3) is 5.31. The molecule has 2 amide bonds. The smallest absolute Gasteiger partial charge is 0.317 e. The van der Waals surface area contributed by atoms with Gasteiger partial charge in [0.25, 0.3) is 0 Å². The lowest BCUT2D eigenvalue weighted by Gasteiger charge is -2.31. The molecule has 1 unspecified atom stereocenters. The molecule has 1 saturated heterocycles. The molecule has 2 aromatic rings. The molecule has 1 heterocycles. The van der Waals surface area contributed by atoms with Crippen LogP contribution in [-0.2, 0) is 12.1 Å². The molecule has 8 heteroatoms. The minimum atomic E-state index is -0.690. The number of likely N-dealkylation sites (tertiary alicyclic amines) is 1. The van der Waals surface area contributed by atoms with E-state index in [9.17, 15) is 4.79 Å². The summed E-state index contributed by atoms with van der Waals surface area (Å²) < 4.78 is 0. The van der Waals surface area contributed by atoms with Gasteiger partial charge in [-0.3, -0.25) is 0 Å². The van der Waals surface area contributed by atoms with Crippen LogP contribution >= 0.6 is 23.8 Å². The number of para-hydroxylation sites is 1. The van der Waals surface area contributed by atoms with Gasteiger partial charge in [0.05, 0.1) is 16.9 Å². The fourth-order valence-corrected chi connectivity index (χ4v) is 3.54. The van der Waals surface area contributed by atoms with E-state index in [4.69, 9.17) is 29.6 Å². The zero-order chi connectivity index (χ0) is 21.0. The number of hydrogen-bond acceptors (Lipinski definition) is 3. The summed E-state index contributed by atoms with van der Waals surface area (Å²) in [5.41, 5.74) is 8.42. The number of nitrogen functional groups attached to an aromatic ring is 1. The van der Waals surface area contributed by atoms with Gasteiger partial charge in [0.1, 0.15) is 0 Å². The maximum absolute atomic E-state index is 12.1. The van der Waals surface area contributed by atoms with Crippen LogP contribution in [0.1, 0.15) is 24.5 Å². The summed E-state index contributed by atoms with van der Waals surface area (Å²) in [7, 11) is 0. The van der Waals surface area contributed by atoms with Gasteiger partial charge in [-0.05, 0) is 61.8 Å². The number of rotatable bonds is 5. The molecule has 5 N–H and O–H groups in total. The van der Waals surface area contributed by atoms with E-state index in [1.807, 2.05) is 43.3 Å². The molecule has 1 radical (unpaired) electrons. The molecule has 0 aromatic heterocycles. The Hall–Kier alpha value is -2.51. The van der Waals surface area contributed by atoms with E-state index in [0.29, 0.717) is 28.1 Å². The van der Waals surface area contributed by atoms with E-state index in [1.165, 1.54) is 0 Å². The Kier molecular flexibility index (Phi) is 6.49. The minimum Gasteiger partial charge on any atom is -0.397 e. The van der Waals surface area contributed by atoms with Crippen LogP contribution in [0.2, 0.25) is 5.02 Å². The second-order valence-electron chi connectivity index (χ2n) is 7.30. The molecule has 1 aliphatic rings. The average Bonchev–Trinajstić information content (AvgIpc) is 2.60. The maximum atomic E-state index is 12.1. The summed E-state index contributed by atoms with van der Waals surface area (Å²) in [6.45, 7) is 8.07. The molecule has 0 aliphatic carbocycles. The topological polar surface area (TPSA) is 82.4 Å². The van der Waals surface area contributed by atoms with Crippen molar-refractivity contribution in [3.05, 3.63) is 65.5 Å². The first-order chi connectivity index (χ1) is 13.8. The Balaban J connectivity index is 1.68. The van der Waals surface area contributed by atoms with Gasteiger partial charge >= 0.3 is 6.03 Å². The molecule has 29 heavy (non-hydrogen) atoms. The molecular formula is C21H25ClN5OS. The minimum absolute atomic E-state index is 0.0726. The first-order valence-corrected chi connectivity index (χ1v) is 10.2. The Labute approximate surface area is 181 Å². The van der Waals surface area contributed by atoms with Crippen LogP contribution in [0.5, 0.6) is 0 Å². The predicted molar refractivity (Wildman–Crippen MR) is 123 cm³/mol. The second-order valence-corrected chi connectivity index (χ2v) is 8.15. The van der Waals surface area contributed by atoms with Crippen LogP contribution in [0.15, 0.2) is 42.5 Å². The first kappa shape index (κ1) is 21.2. The number of hydrogen-bond donors (Lipinski definition) is 4. The van der Waals surface area contributed by atoms with Crippen LogP contribution in [0, 0.1) is 6.92 Å². The van der Waals surface area contributed by atoms with Crippen molar-refractivity contribution < 1.29 is 4.79 Å². The van der Waals surface area contributed by atoms with E-state index in [0.717, 1.165) is 30.6 Å². The number of thiocarbonyl (C=S) groups is 1. The Morgan fingerprint density at radius 2 is 2.03 bits per heavy atom. The molecule has 153 valence electrons. The van der Waals surface area contributed by atoms with E-state index in [2.05, 4.69) is 22.9 Å². The van der Waals surface area contributed by atoms with Gasteiger partial charge in [-0.15, -0.1) is 0 Å². The van der Waals surface area contributed by atoms with E-state index in [1.54, 1.807) is 11.0 Å². The van der Waals surface area contributed by atoms with Crippen LogP contribution < -0.4 is 21.7 Å². The SMILES string of the molecule is [CH2]C(C)(NC(=S)Nc1c(N)cccc1CNC(=O)N1CCC1)c1cccc(Cl)c1. The Bertz CT molecular complexity index is 914. The van der Waals surface area contributed by atoms with E-state index >= 15 is 0 Å². The van der Waals surface area contributed by atoms with Crippen molar-refractivity contribution in [1.82, 2.24) is 15.5 Å². The van der Waals surface area contributed by atoms with Gasteiger partial charge < -0.3 is 26.6 Å². The molecule has 6 nitrogen and oxygen atoms in total. The molecule has 0 spiro atoms. The first-order valence-electron chi connectivity index (χ1n) is 9.37. The number of anilines is 2. The standard InChI is InChI=1S/C21H25ClN5OS/c1-21(2,15-7-4-8-16(22)12-15)26-19(29)25-18-14(6-3-9-17(18)23)13-24-20(28)27-10-5-11-27/h3-4,6-9,12H,1,5,10-11,13,23H2,2H3,(H,24,28)(H2,25,26,29). The number of carbonyl (C=O) groups excluding carboxylic acids is 1. The zero-order valence-corrected chi connectivity index (χ0v) is 17.9. The predicted octanol–water partition coefficient (Wildman–Crippen LogP) is 3.87. The van der Waals surface area contributed by atoms with Crippen molar-refractivity contribution in [3.63, 3.8) is 0 Å². The second kappa shape index (κ2) is 8.88. The highest BCUT2D eigenvalue weighted by Crippen LogP contribution is 2.26. The zero-order valence-electron chi connectivity index (χ0n) is 16.3. The molecule has 1 fully saturated rings. The van der Waals surface area contributed by atoms with Crippen molar-refractivity contribution in [1.29, 1.82) is 0 Å². The van der Waals surface area contributed by atoms with Crippen LogP contribution in [0.3, 0.4) is 0 Å². The lowest BCUT2D eigenvalue weighted by molar-refractivity contribution is 0.167. The number of benzene rings is 2. The quantitative estimate of drug-likeness (QED) is 0.427. The molecule has 1 atom stereocenters. The fraction of sp³-hybridized carbons (Fsp3) is 0.286. The fourth-order valence-electron chi connectivity index (χ4n) is 3.02. The lowest BCUT2D eigenvalue weighted by Crippen LogP contribution is -2.47. The average molecular weight is 431 g/mol. The summed E-state index contributed by atoms with van der Waals surface area (Å²) >= 11 is 11.6. The molecule has 0 saturated carbocycles. The van der Waals surface area contributed by atoms with Crippen LogP contribution in [-0.4, -0.2) is 29.1 Å². The van der Waals surface area contributed by atoms with Crippen molar-refractivity contribution in [2.75, 3.05) is 24.1 Å². The molecule has 3 rings (SSSR count). The Morgan fingerprint density at radius 1 is 1.31 bits per heavy atom. The molecule has 0 bridgehead atoms. The maximum Gasteiger partial charge on any atom is 0.317 e. The summed E-state index contributed by atoms with van der Waals surface area (Å²) in [6.07, 6.45) is 1.05. The summed E-state index contributed by atoms with van der Waals surface area (Å²) in [5, 5.41) is 10.3. The van der Waals surface area contributed by atoms with Crippen LogP contribution in [0.25, 0.3) is 0 Å². The number of urea groups is 1. The van der Waals surface area contributed by atoms with Gasteiger partial charge in [-0.25, -0.2) is 4.79 Å². The number of nitrogens with one attached hydrogen (secondary N) is 3. The summed E-state index contributed by atoms with van der Waals surface area (Å²) in [6, 6.07) is 12.9. The molecule has 1 aliphatic heterocycles. The monoisotopic (exact) mass is 430 g/mol. The van der Waals surface area contributed by atoms with Crippen molar-refractivity contribution >= 4 is 46.3 Å².